The average molecular weight is 358 g/mol. The SMILES string of the molecule is CC(C)(C)C(=O)N1CCCC(C(=O)N2CCOC(c3ccccc3)C2)C1. The van der Waals surface area contributed by atoms with Crippen LogP contribution in [0.2, 0.25) is 0 Å². The molecule has 2 unspecified atom stereocenters. The van der Waals surface area contributed by atoms with Crippen LogP contribution in [0.25, 0.3) is 0 Å². The largest absolute Gasteiger partial charge is 0.370 e. The fourth-order valence-corrected chi connectivity index (χ4v) is 3.81. The molecule has 2 aliphatic heterocycles. The van der Waals surface area contributed by atoms with Gasteiger partial charge in [0.2, 0.25) is 11.8 Å². The summed E-state index contributed by atoms with van der Waals surface area (Å²) in [5, 5.41) is 0. The summed E-state index contributed by atoms with van der Waals surface area (Å²) >= 11 is 0. The van der Waals surface area contributed by atoms with E-state index in [0.717, 1.165) is 24.9 Å². The van der Waals surface area contributed by atoms with Crippen molar-refractivity contribution in [3.05, 3.63) is 35.9 Å². The number of nitrogens with zero attached hydrogens (tertiary/aromatic N) is 2. The normalized spacial score (nSPS) is 24.4. The van der Waals surface area contributed by atoms with Crippen LogP contribution in [0.5, 0.6) is 0 Å². The molecule has 0 spiro atoms. The summed E-state index contributed by atoms with van der Waals surface area (Å²) in [7, 11) is 0. The van der Waals surface area contributed by atoms with Crippen LogP contribution in [0.15, 0.2) is 30.3 Å². The summed E-state index contributed by atoms with van der Waals surface area (Å²) in [5.74, 6) is 0.212. The molecule has 2 aliphatic rings. The minimum atomic E-state index is -0.400. The Morgan fingerprint density at radius 2 is 1.77 bits per heavy atom. The predicted octanol–water partition coefficient (Wildman–Crippen LogP) is 2.87. The Balaban J connectivity index is 1.64. The third-order valence-corrected chi connectivity index (χ3v) is 5.25. The maximum absolute atomic E-state index is 13.1. The Labute approximate surface area is 156 Å². The quantitative estimate of drug-likeness (QED) is 0.817. The molecule has 2 saturated heterocycles. The number of ether oxygens (including phenoxy) is 1. The number of carbonyl (C=O) groups is 2. The third kappa shape index (κ3) is 4.26. The lowest BCUT2D eigenvalue weighted by Gasteiger charge is -2.39. The van der Waals surface area contributed by atoms with Gasteiger partial charge >= 0.3 is 0 Å². The highest BCUT2D eigenvalue weighted by molar-refractivity contribution is 5.84. The Hall–Kier alpha value is -1.88. The van der Waals surface area contributed by atoms with Crippen LogP contribution in [-0.4, -0.2) is 54.4 Å². The summed E-state index contributed by atoms with van der Waals surface area (Å²) in [6.07, 6.45) is 1.69. The predicted molar refractivity (Wildman–Crippen MR) is 100 cm³/mol. The number of hydrogen-bond donors (Lipinski definition) is 0. The van der Waals surface area contributed by atoms with Crippen molar-refractivity contribution in [2.45, 2.75) is 39.7 Å². The van der Waals surface area contributed by atoms with Gasteiger partial charge in [0.05, 0.1) is 19.1 Å². The second-order valence-electron chi connectivity index (χ2n) is 8.39. The number of rotatable bonds is 2. The number of amides is 2. The van der Waals surface area contributed by atoms with Crippen molar-refractivity contribution in [1.82, 2.24) is 9.80 Å². The smallest absolute Gasteiger partial charge is 0.227 e. The molecule has 0 aliphatic carbocycles. The van der Waals surface area contributed by atoms with Gasteiger partial charge in [-0.05, 0) is 18.4 Å². The molecule has 2 heterocycles. The van der Waals surface area contributed by atoms with Gasteiger partial charge in [0.1, 0.15) is 6.10 Å². The molecular weight excluding hydrogens is 328 g/mol. The summed E-state index contributed by atoms with van der Waals surface area (Å²) < 4.78 is 5.88. The highest BCUT2D eigenvalue weighted by Gasteiger charge is 2.36. The Bertz CT molecular complexity index is 638. The second-order valence-corrected chi connectivity index (χ2v) is 8.39. The van der Waals surface area contributed by atoms with Crippen molar-refractivity contribution in [1.29, 1.82) is 0 Å². The van der Waals surface area contributed by atoms with Gasteiger partial charge in [-0.1, -0.05) is 51.1 Å². The maximum Gasteiger partial charge on any atom is 0.227 e. The molecule has 1 aromatic rings. The Kier molecular flexibility index (Phi) is 5.66. The number of hydrogen-bond acceptors (Lipinski definition) is 3. The first-order valence-corrected chi connectivity index (χ1v) is 9.61. The van der Waals surface area contributed by atoms with Crippen LogP contribution >= 0.6 is 0 Å². The van der Waals surface area contributed by atoms with Crippen molar-refractivity contribution in [2.24, 2.45) is 11.3 Å². The lowest BCUT2D eigenvalue weighted by atomic mass is 9.90. The molecule has 0 bridgehead atoms. The molecule has 0 aromatic heterocycles. The molecule has 0 saturated carbocycles. The number of carbonyl (C=O) groups excluding carboxylic acids is 2. The third-order valence-electron chi connectivity index (χ3n) is 5.25. The van der Waals surface area contributed by atoms with E-state index in [0.29, 0.717) is 26.2 Å². The van der Waals surface area contributed by atoms with Gasteiger partial charge in [-0.2, -0.15) is 0 Å². The summed E-state index contributed by atoms with van der Waals surface area (Å²) in [6, 6.07) is 10.1. The van der Waals surface area contributed by atoms with Crippen molar-refractivity contribution < 1.29 is 14.3 Å². The van der Waals surface area contributed by atoms with E-state index in [4.69, 9.17) is 4.74 Å². The highest BCUT2D eigenvalue weighted by atomic mass is 16.5. The van der Waals surface area contributed by atoms with Gasteiger partial charge < -0.3 is 14.5 Å². The molecular formula is C21H30N2O3. The van der Waals surface area contributed by atoms with Gasteiger partial charge in [-0.25, -0.2) is 0 Å². The monoisotopic (exact) mass is 358 g/mol. The van der Waals surface area contributed by atoms with E-state index in [1.165, 1.54) is 0 Å². The minimum absolute atomic E-state index is 0.0650. The second kappa shape index (κ2) is 7.78. The fraction of sp³-hybridized carbons (Fsp3) is 0.619. The minimum Gasteiger partial charge on any atom is -0.370 e. The van der Waals surface area contributed by atoms with Crippen LogP contribution in [0.4, 0.5) is 0 Å². The molecule has 2 atom stereocenters. The first kappa shape index (κ1) is 18.9. The van der Waals surface area contributed by atoms with E-state index in [2.05, 4.69) is 0 Å². The van der Waals surface area contributed by atoms with Gasteiger partial charge in [0.25, 0.3) is 0 Å². The van der Waals surface area contributed by atoms with Crippen molar-refractivity contribution in [3.8, 4) is 0 Å². The lowest BCUT2D eigenvalue weighted by molar-refractivity contribution is -0.149. The molecule has 5 nitrogen and oxygen atoms in total. The van der Waals surface area contributed by atoms with Crippen LogP contribution < -0.4 is 0 Å². The van der Waals surface area contributed by atoms with Crippen LogP contribution in [0, 0.1) is 11.3 Å². The van der Waals surface area contributed by atoms with Crippen molar-refractivity contribution in [2.75, 3.05) is 32.8 Å². The summed E-state index contributed by atoms with van der Waals surface area (Å²) in [6.45, 7) is 8.90. The average Bonchev–Trinajstić information content (AvgIpc) is 2.67. The standard InChI is InChI=1S/C21H30N2O3/c1-21(2,3)20(25)23-11-7-10-17(14-23)19(24)22-12-13-26-18(15-22)16-8-5-4-6-9-16/h4-6,8-9,17-18H,7,10-15H2,1-3H3. The molecule has 142 valence electrons. The van der Waals surface area contributed by atoms with Gasteiger partial charge in [-0.15, -0.1) is 0 Å². The first-order chi connectivity index (χ1) is 12.4. The van der Waals surface area contributed by atoms with E-state index < -0.39 is 5.41 Å². The molecule has 3 rings (SSSR count). The lowest BCUT2D eigenvalue weighted by Crippen LogP contribution is -2.51. The Morgan fingerprint density at radius 1 is 1.04 bits per heavy atom. The zero-order valence-electron chi connectivity index (χ0n) is 16.1. The van der Waals surface area contributed by atoms with Crippen molar-refractivity contribution >= 4 is 11.8 Å². The van der Waals surface area contributed by atoms with E-state index >= 15 is 0 Å². The number of benzene rings is 1. The molecule has 2 amide bonds. The van der Waals surface area contributed by atoms with Gasteiger partial charge in [0.15, 0.2) is 0 Å². The van der Waals surface area contributed by atoms with Crippen LogP contribution in [0.3, 0.4) is 0 Å². The van der Waals surface area contributed by atoms with Crippen LogP contribution in [0.1, 0.15) is 45.3 Å². The first-order valence-electron chi connectivity index (χ1n) is 9.61. The van der Waals surface area contributed by atoms with Crippen molar-refractivity contribution in [3.63, 3.8) is 0 Å². The van der Waals surface area contributed by atoms with E-state index in [-0.39, 0.29) is 23.8 Å². The fourth-order valence-electron chi connectivity index (χ4n) is 3.81. The summed E-state index contributed by atoms with van der Waals surface area (Å²) in [4.78, 5) is 29.5. The summed E-state index contributed by atoms with van der Waals surface area (Å²) in [5.41, 5.74) is 0.709. The van der Waals surface area contributed by atoms with E-state index in [1.807, 2.05) is 60.9 Å². The number of likely N-dealkylation sites (tertiary alicyclic amines) is 1. The molecule has 26 heavy (non-hydrogen) atoms. The zero-order chi connectivity index (χ0) is 18.7. The zero-order valence-corrected chi connectivity index (χ0v) is 16.1. The Morgan fingerprint density at radius 3 is 2.46 bits per heavy atom. The van der Waals surface area contributed by atoms with Gasteiger partial charge in [-0.3, -0.25) is 9.59 Å². The van der Waals surface area contributed by atoms with Crippen LogP contribution in [-0.2, 0) is 14.3 Å². The molecule has 1 aromatic carbocycles. The number of piperidine rings is 1. The number of morpholine rings is 1. The van der Waals surface area contributed by atoms with E-state index in [9.17, 15) is 9.59 Å². The van der Waals surface area contributed by atoms with Gasteiger partial charge in [0, 0.05) is 25.0 Å². The van der Waals surface area contributed by atoms with E-state index in [1.54, 1.807) is 0 Å². The highest BCUT2D eigenvalue weighted by Crippen LogP contribution is 2.27. The maximum atomic E-state index is 13.1. The topological polar surface area (TPSA) is 49.9 Å². The molecule has 0 radical (unpaired) electrons. The molecule has 0 N–H and O–H groups in total. The molecule has 2 fully saturated rings. The molecule has 5 heteroatoms.